The van der Waals surface area contributed by atoms with Gasteiger partial charge in [0.05, 0.1) is 35.9 Å². The predicted molar refractivity (Wildman–Crippen MR) is 185 cm³/mol. The first-order valence-electron chi connectivity index (χ1n) is 16.8. The largest absolute Gasteiger partial charge is 0.492 e. The SMILES string of the molecule is Cc1cc(-c2ncnc3c(C(=O)N[C@@H]4CCN(C(=O)O)C(C(C)(C)C)[C@@H]4O)c(C)n(COCC[Si](C)(C)C)c23)c(OCC2CC2)cc1F. The molecular formula is C35H50FN5O6Si. The summed E-state index contributed by atoms with van der Waals surface area (Å²) < 4.78 is 29.1. The smallest absolute Gasteiger partial charge is 0.407 e. The Labute approximate surface area is 282 Å². The standard InChI is InChI=1S/C35H50FN5O6Si/c1-20-15-23(26(16-24(20)36)47-17-22-9-10-22)28-30-29(38-18-37-28)27(21(2)41(30)19-46-13-14-48(6,7)8)33(43)39-25-11-12-40(34(44)45)32(31(25)42)35(3,4)5/h15-16,18,22,25,31-32,42H,9-14,17,19H2,1-8H3,(H,39,43)(H,44,45)/t25-,31-,32?/m1/s1. The van der Waals surface area contributed by atoms with Crippen molar-refractivity contribution in [2.75, 3.05) is 19.8 Å². The number of nitrogens with one attached hydrogen (secondary N) is 1. The van der Waals surface area contributed by atoms with Gasteiger partial charge in [-0.05, 0) is 62.1 Å². The minimum atomic E-state index is -1.37. The van der Waals surface area contributed by atoms with Gasteiger partial charge in [0, 0.05) is 38.5 Å². The maximum absolute atomic E-state index is 14.9. The number of aryl methyl sites for hydroxylation is 1. The molecule has 3 N–H and O–H groups in total. The highest BCUT2D eigenvalue weighted by Crippen LogP contribution is 2.39. The number of amides is 2. The van der Waals surface area contributed by atoms with E-state index >= 15 is 0 Å². The fourth-order valence-corrected chi connectivity index (χ4v) is 7.26. The molecule has 2 fully saturated rings. The molecule has 2 aromatic heterocycles. The number of halogens is 1. The first-order valence-corrected chi connectivity index (χ1v) is 20.5. The molecule has 262 valence electrons. The van der Waals surface area contributed by atoms with Gasteiger partial charge in [0.1, 0.15) is 35.8 Å². The molecule has 2 amide bonds. The molecule has 0 radical (unpaired) electrons. The van der Waals surface area contributed by atoms with Crippen molar-refractivity contribution >= 4 is 31.1 Å². The number of carbonyl (C=O) groups excluding carboxylic acids is 1. The molecule has 3 aromatic rings. The van der Waals surface area contributed by atoms with Crippen molar-refractivity contribution in [2.24, 2.45) is 11.3 Å². The summed E-state index contributed by atoms with van der Waals surface area (Å²) in [5, 5.41) is 24.3. The summed E-state index contributed by atoms with van der Waals surface area (Å²) in [5.74, 6) is 0.00758. The summed E-state index contributed by atoms with van der Waals surface area (Å²) in [6.45, 7) is 17.3. The molecule has 1 aromatic carbocycles. The fraction of sp³-hybridized carbons (Fsp3) is 0.600. The molecule has 5 rings (SSSR count). The lowest BCUT2D eigenvalue weighted by Crippen LogP contribution is -2.64. The maximum Gasteiger partial charge on any atom is 0.407 e. The minimum absolute atomic E-state index is 0.143. The number of carboxylic acid groups (broad SMARTS) is 1. The van der Waals surface area contributed by atoms with Crippen molar-refractivity contribution in [3.8, 4) is 17.0 Å². The lowest BCUT2D eigenvalue weighted by atomic mass is 9.77. The zero-order valence-corrected chi connectivity index (χ0v) is 30.4. The molecule has 2 aliphatic rings. The van der Waals surface area contributed by atoms with Crippen LogP contribution < -0.4 is 10.1 Å². The number of nitrogens with zero attached hydrogens (tertiary/aromatic N) is 4. The number of aromatic nitrogens is 3. The number of rotatable bonds is 11. The minimum Gasteiger partial charge on any atom is -0.492 e. The second kappa shape index (κ2) is 13.8. The number of aliphatic hydroxyl groups excluding tert-OH is 1. The van der Waals surface area contributed by atoms with Crippen LogP contribution >= 0.6 is 0 Å². The average molecular weight is 684 g/mol. The summed E-state index contributed by atoms with van der Waals surface area (Å²) in [5.41, 5.74) is 2.81. The molecule has 11 nitrogen and oxygen atoms in total. The van der Waals surface area contributed by atoms with E-state index in [1.54, 1.807) is 13.0 Å². The Kier molecular flexibility index (Phi) is 10.2. The fourth-order valence-electron chi connectivity index (χ4n) is 6.50. The maximum atomic E-state index is 14.9. The van der Waals surface area contributed by atoms with Crippen LogP contribution in [0.25, 0.3) is 22.3 Å². The number of piperidine rings is 1. The first kappa shape index (κ1) is 35.7. The van der Waals surface area contributed by atoms with Crippen LogP contribution in [0.4, 0.5) is 9.18 Å². The van der Waals surface area contributed by atoms with Gasteiger partial charge in [0.15, 0.2) is 0 Å². The Morgan fingerprint density at radius 3 is 2.46 bits per heavy atom. The quantitative estimate of drug-likeness (QED) is 0.160. The Hall–Kier alpha value is -3.55. The number of fused-ring (bicyclic) bond motifs is 1. The molecule has 1 saturated heterocycles. The molecule has 1 aliphatic carbocycles. The third-order valence-corrected chi connectivity index (χ3v) is 11.1. The van der Waals surface area contributed by atoms with Crippen LogP contribution in [-0.2, 0) is 11.5 Å². The number of aliphatic hydroxyl groups is 1. The Balaban J connectivity index is 1.57. The van der Waals surface area contributed by atoms with Crippen molar-refractivity contribution in [3.05, 3.63) is 41.1 Å². The molecule has 1 saturated carbocycles. The summed E-state index contributed by atoms with van der Waals surface area (Å²) in [6.07, 6.45) is 1.57. The number of carbonyl (C=O) groups is 2. The van der Waals surface area contributed by atoms with Crippen molar-refractivity contribution < 1.29 is 33.7 Å². The molecule has 3 heterocycles. The molecule has 48 heavy (non-hydrogen) atoms. The normalized spacial score (nSPS) is 20.3. The van der Waals surface area contributed by atoms with E-state index in [9.17, 15) is 24.2 Å². The summed E-state index contributed by atoms with van der Waals surface area (Å²) >= 11 is 0. The van der Waals surface area contributed by atoms with Crippen LogP contribution in [-0.4, -0.2) is 87.7 Å². The molecular weight excluding hydrogens is 633 g/mol. The van der Waals surface area contributed by atoms with E-state index in [0.29, 0.717) is 64.0 Å². The lowest BCUT2D eigenvalue weighted by molar-refractivity contribution is -0.0470. The second-order valence-corrected chi connectivity index (χ2v) is 21.3. The average Bonchev–Trinajstić information content (AvgIpc) is 3.77. The van der Waals surface area contributed by atoms with Crippen LogP contribution in [0.2, 0.25) is 25.7 Å². The van der Waals surface area contributed by atoms with Gasteiger partial charge in [-0.3, -0.25) is 4.79 Å². The van der Waals surface area contributed by atoms with Gasteiger partial charge in [-0.25, -0.2) is 19.2 Å². The highest BCUT2D eigenvalue weighted by Gasteiger charge is 2.46. The molecule has 1 aliphatic heterocycles. The van der Waals surface area contributed by atoms with Crippen LogP contribution in [0.3, 0.4) is 0 Å². The van der Waals surface area contributed by atoms with Crippen LogP contribution in [0.15, 0.2) is 18.5 Å². The van der Waals surface area contributed by atoms with Crippen molar-refractivity contribution in [1.29, 1.82) is 0 Å². The van der Waals surface area contributed by atoms with Gasteiger partial charge in [-0.2, -0.15) is 0 Å². The van der Waals surface area contributed by atoms with E-state index in [2.05, 4.69) is 34.9 Å². The monoisotopic (exact) mass is 683 g/mol. The number of likely N-dealkylation sites (tertiary alicyclic amines) is 1. The van der Waals surface area contributed by atoms with Gasteiger partial charge >= 0.3 is 6.09 Å². The van der Waals surface area contributed by atoms with Gasteiger partial charge in [0.25, 0.3) is 5.91 Å². The number of benzene rings is 1. The van der Waals surface area contributed by atoms with E-state index in [1.165, 1.54) is 17.3 Å². The highest BCUT2D eigenvalue weighted by molar-refractivity contribution is 6.76. The summed E-state index contributed by atoms with van der Waals surface area (Å²) in [4.78, 5) is 36.7. The Bertz CT molecular complexity index is 1680. The van der Waals surface area contributed by atoms with Crippen molar-refractivity contribution in [1.82, 2.24) is 24.8 Å². The Morgan fingerprint density at radius 2 is 1.83 bits per heavy atom. The summed E-state index contributed by atoms with van der Waals surface area (Å²) in [7, 11) is -1.37. The van der Waals surface area contributed by atoms with E-state index < -0.39 is 43.7 Å². The first-order chi connectivity index (χ1) is 22.5. The van der Waals surface area contributed by atoms with Crippen molar-refractivity contribution in [3.63, 3.8) is 0 Å². The molecule has 3 atom stereocenters. The van der Waals surface area contributed by atoms with Gasteiger partial charge < -0.3 is 34.5 Å². The van der Waals surface area contributed by atoms with Gasteiger partial charge in [0.2, 0.25) is 0 Å². The van der Waals surface area contributed by atoms with Crippen molar-refractivity contribution in [2.45, 2.75) is 104 Å². The second-order valence-electron chi connectivity index (χ2n) is 15.7. The molecule has 0 spiro atoms. The van der Waals surface area contributed by atoms with E-state index in [0.717, 1.165) is 18.9 Å². The zero-order valence-electron chi connectivity index (χ0n) is 29.4. The van der Waals surface area contributed by atoms with E-state index in [4.69, 9.17) is 9.47 Å². The lowest BCUT2D eigenvalue weighted by Gasteiger charge is -2.47. The van der Waals surface area contributed by atoms with Crippen LogP contribution in [0.1, 0.15) is 61.6 Å². The zero-order chi connectivity index (χ0) is 35.1. The van der Waals surface area contributed by atoms with Gasteiger partial charge in [-0.1, -0.05) is 40.4 Å². The number of ether oxygens (including phenoxy) is 2. The summed E-state index contributed by atoms with van der Waals surface area (Å²) in [6, 6.07) is 2.67. The predicted octanol–water partition coefficient (Wildman–Crippen LogP) is 6.21. The molecule has 0 bridgehead atoms. The van der Waals surface area contributed by atoms with Gasteiger partial charge in [-0.15, -0.1) is 0 Å². The number of hydrogen-bond acceptors (Lipinski definition) is 7. The number of hydrogen-bond donors (Lipinski definition) is 3. The third-order valence-electron chi connectivity index (χ3n) is 9.43. The molecule has 13 heteroatoms. The van der Waals surface area contributed by atoms with E-state index in [1.807, 2.05) is 32.3 Å². The Morgan fingerprint density at radius 1 is 1.12 bits per heavy atom. The highest BCUT2D eigenvalue weighted by atomic mass is 28.3. The van der Waals surface area contributed by atoms with Crippen LogP contribution in [0, 0.1) is 31.0 Å². The van der Waals surface area contributed by atoms with E-state index in [-0.39, 0.29) is 25.5 Å². The van der Waals surface area contributed by atoms with Crippen LogP contribution in [0.5, 0.6) is 5.75 Å². The molecule has 1 unspecified atom stereocenters. The third kappa shape index (κ3) is 7.68. The topological polar surface area (TPSA) is 139 Å².